The summed E-state index contributed by atoms with van der Waals surface area (Å²) < 4.78 is 15.2. The number of rotatable bonds is 2. The molecule has 1 heterocycles. The zero-order valence-electron chi connectivity index (χ0n) is 10.2. The van der Waals surface area contributed by atoms with Crippen LogP contribution in [0.5, 0.6) is 0 Å². The van der Waals surface area contributed by atoms with Crippen molar-refractivity contribution in [1.29, 1.82) is 0 Å². The first-order valence-electron chi connectivity index (χ1n) is 5.92. The van der Waals surface area contributed by atoms with Crippen LogP contribution in [-0.2, 0) is 6.54 Å². The van der Waals surface area contributed by atoms with Crippen LogP contribution in [0.15, 0.2) is 42.6 Å². The molecule has 0 fully saturated rings. The lowest BCUT2D eigenvalue weighted by Crippen LogP contribution is -1.98. The van der Waals surface area contributed by atoms with E-state index in [9.17, 15) is 4.39 Å². The summed E-state index contributed by atoms with van der Waals surface area (Å²) in [4.78, 5) is 0. The van der Waals surface area contributed by atoms with E-state index < -0.39 is 5.82 Å². The molecule has 1 nitrogen and oxygen atoms in total. The maximum atomic E-state index is 13.2. The molecule has 0 saturated carbocycles. The van der Waals surface area contributed by atoms with E-state index in [1.54, 1.807) is 18.2 Å². The van der Waals surface area contributed by atoms with Gasteiger partial charge in [0.15, 0.2) is 0 Å². The summed E-state index contributed by atoms with van der Waals surface area (Å²) in [6.07, 6.45) is 1.92. The van der Waals surface area contributed by atoms with E-state index in [4.69, 9.17) is 34.8 Å². The lowest BCUT2D eigenvalue weighted by Gasteiger charge is -2.07. The van der Waals surface area contributed by atoms with E-state index in [1.165, 1.54) is 6.07 Å². The average molecular weight is 329 g/mol. The molecule has 5 heteroatoms. The van der Waals surface area contributed by atoms with Gasteiger partial charge in [0, 0.05) is 23.2 Å². The van der Waals surface area contributed by atoms with Gasteiger partial charge in [-0.05, 0) is 35.9 Å². The molecule has 0 aliphatic carbocycles. The largest absolute Gasteiger partial charge is 0.343 e. The molecule has 0 unspecified atom stereocenters. The van der Waals surface area contributed by atoms with Crippen LogP contribution in [0, 0.1) is 5.82 Å². The minimum atomic E-state index is -0.418. The van der Waals surface area contributed by atoms with Crippen LogP contribution < -0.4 is 0 Å². The van der Waals surface area contributed by atoms with Crippen LogP contribution in [0.2, 0.25) is 15.1 Å². The van der Waals surface area contributed by atoms with Crippen molar-refractivity contribution in [2.45, 2.75) is 6.54 Å². The van der Waals surface area contributed by atoms with Crippen LogP contribution >= 0.6 is 34.8 Å². The number of nitrogens with zero attached hydrogens (tertiary/aromatic N) is 1. The summed E-state index contributed by atoms with van der Waals surface area (Å²) >= 11 is 18.0. The second-order valence-electron chi connectivity index (χ2n) is 4.51. The Morgan fingerprint density at radius 1 is 0.950 bits per heavy atom. The van der Waals surface area contributed by atoms with Gasteiger partial charge in [-0.3, -0.25) is 0 Å². The summed E-state index contributed by atoms with van der Waals surface area (Å²) in [6, 6.07) is 10.2. The molecule has 3 aromatic rings. The SMILES string of the molecule is Fc1ccc(Cn2ccc3c(Cl)cc(Cl)cc32)cc1Cl. The van der Waals surface area contributed by atoms with E-state index >= 15 is 0 Å². The first-order valence-corrected chi connectivity index (χ1v) is 7.06. The highest BCUT2D eigenvalue weighted by Crippen LogP contribution is 2.29. The second-order valence-corrected chi connectivity index (χ2v) is 5.76. The lowest BCUT2D eigenvalue weighted by molar-refractivity contribution is 0.627. The molecule has 0 amide bonds. The van der Waals surface area contributed by atoms with Crippen LogP contribution in [0.3, 0.4) is 0 Å². The molecule has 0 atom stereocenters. The normalized spacial score (nSPS) is 11.2. The van der Waals surface area contributed by atoms with Crippen molar-refractivity contribution >= 4 is 45.7 Å². The average Bonchev–Trinajstić information content (AvgIpc) is 2.77. The molecule has 0 saturated heterocycles. The third kappa shape index (κ3) is 2.51. The fourth-order valence-corrected chi connectivity index (χ4v) is 2.94. The number of fused-ring (bicyclic) bond motifs is 1. The molecule has 0 radical (unpaired) electrons. The van der Waals surface area contributed by atoms with Crippen molar-refractivity contribution in [3.63, 3.8) is 0 Å². The second kappa shape index (κ2) is 5.28. The molecule has 0 spiro atoms. The van der Waals surface area contributed by atoms with Gasteiger partial charge in [-0.25, -0.2) is 4.39 Å². The van der Waals surface area contributed by atoms with E-state index in [0.29, 0.717) is 16.6 Å². The third-order valence-corrected chi connectivity index (χ3v) is 3.96. The summed E-state index contributed by atoms with van der Waals surface area (Å²) in [7, 11) is 0. The molecule has 0 aliphatic rings. The summed E-state index contributed by atoms with van der Waals surface area (Å²) in [5, 5.41) is 2.25. The van der Waals surface area contributed by atoms with Crippen molar-refractivity contribution in [2.24, 2.45) is 0 Å². The van der Waals surface area contributed by atoms with Gasteiger partial charge in [0.25, 0.3) is 0 Å². The van der Waals surface area contributed by atoms with Crippen LogP contribution in [-0.4, -0.2) is 4.57 Å². The highest BCUT2D eigenvalue weighted by atomic mass is 35.5. The smallest absolute Gasteiger partial charge is 0.141 e. The van der Waals surface area contributed by atoms with Gasteiger partial charge in [-0.15, -0.1) is 0 Å². The number of halogens is 4. The van der Waals surface area contributed by atoms with Crippen molar-refractivity contribution in [1.82, 2.24) is 4.57 Å². The number of hydrogen-bond acceptors (Lipinski definition) is 0. The Labute approximate surface area is 130 Å². The molecule has 20 heavy (non-hydrogen) atoms. The molecule has 1 aromatic heterocycles. The van der Waals surface area contributed by atoms with E-state index in [0.717, 1.165) is 16.5 Å². The minimum Gasteiger partial charge on any atom is -0.343 e. The molecule has 0 N–H and O–H groups in total. The van der Waals surface area contributed by atoms with Crippen LogP contribution in [0.4, 0.5) is 4.39 Å². The molecule has 0 aliphatic heterocycles. The Bertz CT molecular complexity index is 795. The Morgan fingerprint density at radius 3 is 2.50 bits per heavy atom. The van der Waals surface area contributed by atoms with Gasteiger partial charge in [-0.2, -0.15) is 0 Å². The molecule has 2 aromatic carbocycles. The Morgan fingerprint density at radius 2 is 1.75 bits per heavy atom. The highest BCUT2D eigenvalue weighted by molar-refractivity contribution is 6.38. The number of hydrogen-bond donors (Lipinski definition) is 0. The minimum absolute atomic E-state index is 0.120. The number of benzene rings is 2. The molecule has 102 valence electrons. The van der Waals surface area contributed by atoms with E-state index in [-0.39, 0.29) is 5.02 Å². The molecule has 0 bridgehead atoms. The molecule has 3 rings (SSSR count). The Hall–Kier alpha value is -1.22. The fourth-order valence-electron chi connectivity index (χ4n) is 2.19. The maximum Gasteiger partial charge on any atom is 0.141 e. The number of aromatic nitrogens is 1. The Balaban J connectivity index is 2.04. The standard InChI is InChI=1S/C15H9Cl3FN/c16-10-6-12(17)11-3-4-20(15(11)7-10)8-9-1-2-14(19)13(18)5-9/h1-7H,8H2. The third-order valence-electron chi connectivity index (χ3n) is 3.14. The van der Waals surface area contributed by atoms with Crippen molar-refractivity contribution in [3.8, 4) is 0 Å². The zero-order valence-corrected chi connectivity index (χ0v) is 12.5. The highest BCUT2D eigenvalue weighted by Gasteiger charge is 2.08. The molecular formula is C15H9Cl3FN. The first kappa shape index (κ1) is 13.7. The van der Waals surface area contributed by atoms with Crippen molar-refractivity contribution < 1.29 is 4.39 Å². The fraction of sp³-hybridized carbons (Fsp3) is 0.0667. The summed E-state index contributed by atoms with van der Waals surface area (Å²) in [5.74, 6) is -0.418. The quantitative estimate of drug-likeness (QED) is 0.561. The van der Waals surface area contributed by atoms with Crippen molar-refractivity contribution in [3.05, 3.63) is 69.0 Å². The lowest BCUT2D eigenvalue weighted by atomic mass is 10.2. The maximum absolute atomic E-state index is 13.2. The topological polar surface area (TPSA) is 4.93 Å². The van der Waals surface area contributed by atoms with Gasteiger partial charge in [0.2, 0.25) is 0 Å². The van der Waals surface area contributed by atoms with Crippen LogP contribution in [0.1, 0.15) is 5.56 Å². The first-order chi connectivity index (χ1) is 9.54. The summed E-state index contributed by atoms with van der Waals surface area (Å²) in [5.41, 5.74) is 1.84. The molecular weight excluding hydrogens is 320 g/mol. The predicted octanol–water partition coefficient (Wildman–Crippen LogP) is 5.79. The Kier molecular flexibility index (Phi) is 3.63. The van der Waals surface area contributed by atoms with Gasteiger partial charge in [0.1, 0.15) is 5.82 Å². The van der Waals surface area contributed by atoms with Crippen molar-refractivity contribution in [2.75, 3.05) is 0 Å². The van der Waals surface area contributed by atoms with Gasteiger partial charge < -0.3 is 4.57 Å². The van der Waals surface area contributed by atoms with Gasteiger partial charge in [-0.1, -0.05) is 40.9 Å². The van der Waals surface area contributed by atoms with Crippen LogP contribution in [0.25, 0.3) is 10.9 Å². The van der Waals surface area contributed by atoms with E-state index in [1.807, 2.05) is 22.9 Å². The van der Waals surface area contributed by atoms with E-state index in [2.05, 4.69) is 0 Å². The van der Waals surface area contributed by atoms with Gasteiger partial charge in [0.05, 0.1) is 15.6 Å². The van der Waals surface area contributed by atoms with Gasteiger partial charge >= 0.3 is 0 Å². The predicted molar refractivity (Wildman–Crippen MR) is 82.5 cm³/mol. The summed E-state index contributed by atoms with van der Waals surface area (Å²) in [6.45, 7) is 0.570. The monoisotopic (exact) mass is 327 g/mol. The zero-order chi connectivity index (χ0) is 14.3.